The van der Waals surface area contributed by atoms with Crippen LogP contribution in [0.2, 0.25) is 0 Å². The van der Waals surface area contributed by atoms with Crippen molar-refractivity contribution in [2.75, 3.05) is 29.6 Å². The first kappa shape index (κ1) is 22.7. The minimum Gasteiger partial charge on any atom is -0.377 e. The van der Waals surface area contributed by atoms with Crippen molar-refractivity contribution in [1.29, 1.82) is 0 Å². The monoisotopic (exact) mass is 438 g/mol. The Labute approximate surface area is 185 Å². The van der Waals surface area contributed by atoms with Crippen LogP contribution in [0.3, 0.4) is 0 Å². The summed E-state index contributed by atoms with van der Waals surface area (Å²) in [4.78, 5) is 27.1. The van der Waals surface area contributed by atoms with Gasteiger partial charge in [0.1, 0.15) is 0 Å². The molecule has 3 N–H and O–H groups in total. The molecule has 0 radical (unpaired) electrons. The average Bonchev–Trinajstić information content (AvgIpc) is 2.76. The van der Waals surface area contributed by atoms with Crippen LogP contribution in [0.1, 0.15) is 28.9 Å². The number of nitrogens with zero attached hydrogens (tertiary/aromatic N) is 1. The molecule has 3 rings (SSSR count). The Hall–Kier alpha value is -3.94. The van der Waals surface area contributed by atoms with Gasteiger partial charge in [-0.15, -0.1) is 0 Å². The number of carbonyl (C=O) groups is 2. The fourth-order valence-corrected chi connectivity index (χ4v) is 3.15. The minimum absolute atomic E-state index is 0.0981. The fraction of sp³-hybridized carbons (Fsp3) is 0.167. The van der Waals surface area contributed by atoms with Crippen LogP contribution < -0.4 is 20.9 Å². The highest BCUT2D eigenvalue weighted by Gasteiger charge is 2.17. The number of rotatable bonds is 6. The zero-order valence-corrected chi connectivity index (χ0v) is 17.9. The average molecular weight is 438 g/mol. The third kappa shape index (κ3) is 5.60. The third-order valence-electron chi connectivity index (χ3n) is 4.81. The number of amides is 3. The van der Waals surface area contributed by atoms with E-state index in [2.05, 4.69) is 16.0 Å². The van der Waals surface area contributed by atoms with Gasteiger partial charge in [-0.25, -0.2) is 13.6 Å². The summed E-state index contributed by atoms with van der Waals surface area (Å²) >= 11 is 0. The van der Waals surface area contributed by atoms with E-state index in [1.807, 2.05) is 51.4 Å². The van der Waals surface area contributed by atoms with E-state index in [1.54, 1.807) is 23.1 Å². The van der Waals surface area contributed by atoms with Gasteiger partial charge in [0, 0.05) is 37.2 Å². The Balaban J connectivity index is 1.76. The molecule has 3 amide bonds. The normalized spacial score (nSPS) is 11.4. The Kier molecular flexibility index (Phi) is 7.04. The van der Waals surface area contributed by atoms with Crippen molar-refractivity contribution in [3.05, 3.63) is 89.5 Å². The number of carbonyl (C=O) groups excluding carboxylic acids is 2. The molecule has 0 heterocycles. The number of benzene rings is 3. The molecule has 0 aromatic heterocycles. The van der Waals surface area contributed by atoms with Crippen LogP contribution in [0.5, 0.6) is 0 Å². The molecule has 0 aliphatic carbocycles. The first-order chi connectivity index (χ1) is 15.2. The van der Waals surface area contributed by atoms with Gasteiger partial charge in [0.2, 0.25) is 0 Å². The van der Waals surface area contributed by atoms with Crippen LogP contribution in [-0.2, 0) is 0 Å². The van der Waals surface area contributed by atoms with E-state index >= 15 is 0 Å². The van der Waals surface area contributed by atoms with Gasteiger partial charge >= 0.3 is 6.03 Å². The molecule has 0 aliphatic rings. The van der Waals surface area contributed by atoms with E-state index in [4.69, 9.17) is 0 Å². The number of halogens is 2. The van der Waals surface area contributed by atoms with Crippen molar-refractivity contribution < 1.29 is 18.4 Å². The van der Waals surface area contributed by atoms with Crippen molar-refractivity contribution in [3.8, 4) is 0 Å². The Morgan fingerprint density at radius 2 is 1.47 bits per heavy atom. The number of hydrogen-bond donors (Lipinski definition) is 3. The maximum Gasteiger partial charge on any atom is 0.323 e. The Bertz CT molecular complexity index is 1120. The van der Waals surface area contributed by atoms with Crippen LogP contribution in [-0.4, -0.2) is 26.0 Å². The van der Waals surface area contributed by atoms with E-state index in [9.17, 15) is 18.4 Å². The quantitative estimate of drug-likeness (QED) is 0.497. The van der Waals surface area contributed by atoms with E-state index in [0.29, 0.717) is 16.9 Å². The van der Waals surface area contributed by atoms with Gasteiger partial charge in [-0.05, 0) is 42.8 Å². The lowest BCUT2D eigenvalue weighted by atomic mass is 10.1. The number of anilines is 3. The summed E-state index contributed by atoms with van der Waals surface area (Å²) < 4.78 is 26.4. The maximum absolute atomic E-state index is 13.3. The van der Waals surface area contributed by atoms with Crippen LogP contribution >= 0.6 is 0 Å². The molecule has 6 nitrogen and oxygen atoms in total. The summed E-state index contributed by atoms with van der Waals surface area (Å²) in [5, 5.41) is 8.01. The molecule has 1 unspecified atom stereocenters. The molecule has 3 aromatic carbocycles. The highest BCUT2D eigenvalue weighted by molar-refractivity contribution is 6.04. The van der Waals surface area contributed by atoms with Crippen molar-refractivity contribution >= 4 is 29.0 Å². The van der Waals surface area contributed by atoms with Gasteiger partial charge in [-0.3, -0.25) is 4.79 Å². The van der Waals surface area contributed by atoms with E-state index in [1.165, 1.54) is 6.07 Å². The zero-order valence-electron chi connectivity index (χ0n) is 17.9. The molecule has 166 valence electrons. The van der Waals surface area contributed by atoms with Gasteiger partial charge < -0.3 is 20.9 Å². The van der Waals surface area contributed by atoms with E-state index < -0.39 is 17.7 Å². The summed E-state index contributed by atoms with van der Waals surface area (Å²) in [5.74, 6) is -2.37. The molecule has 0 fully saturated rings. The van der Waals surface area contributed by atoms with Crippen LogP contribution in [0.4, 0.5) is 30.6 Å². The van der Waals surface area contributed by atoms with Gasteiger partial charge in [0.15, 0.2) is 11.6 Å². The zero-order chi connectivity index (χ0) is 23.3. The summed E-state index contributed by atoms with van der Waals surface area (Å²) in [6.45, 7) is 1.89. The molecular weight excluding hydrogens is 414 g/mol. The van der Waals surface area contributed by atoms with Crippen molar-refractivity contribution in [1.82, 2.24) is 5.32 Å². The molecule has 0 spiro atoms. The largest absolute Gasteiger partial charge is 0.377 e. The first-order valence-electron chi connectivity index (χ1n) is 9.95. The lowest BCUT2D eigenvalue weighted by Crippen LogP contribution is -2.28. The topological polar surface area (TPSA) is 73.5 Å². The lowest BCUT2D eigenvalue weighted by molar-refractivity contribution is 0.0940. The second kappa shape index (κ2) is 9.91. The van der Waals surface area contributed by atoms with Crippen LogP contribution in [0, 0.1) is 11.6 Å². The number of hydrogen-bond acceptors (Lipinski definition) is 3. The molecule has 0 bridgehead atoms. The lowest BCUT2D eigenvalue weighted by Gasteiger charge is -2.20. The first-order valence-corrected chi connectivity index (χ1v) is 9.95. The summed E-state index contributed by atoms with van der Waals surface area (Å²) in [7, 11) is 3.63. The molecule has 32 heavy (non-hydrogen) atoms. The number of urea groups is 1. The Morgan fingerprint density at radius 3 is 2.09 bits per heavy atom. The van der Waals surface area contributed by atoms with Crippen molar-refractivity contribution in [2.45, 2.75) is 13.0 Å². The maximum atomic E-state index is 13.3. The highest BCUT2D eigenvalue weighted by Crippen LogP contribution is 2.24. The predicted molar refractivity (Wildman–Crippen MR) is 122 cm³/mol. The van der Waals surface area contributed by atoms with Gasteiger partial charge in [-0.1, -0.05) is 30.3 Å². The Morgan fingerprint density at radius 1 is 0.844 bits per heavy atom. The van der Waals surface area contributed by atoms with Gasteiger partial charge in [0.25, 0.3) is 5.91 Å². The SMILES string of the molecule is CC(NC(=O)c1cc(NC(=O)Nc2ccc(F)c(F)c2)ccc1N(C)C)c1ccccc1. The molecule has 3 aromatic rings. The molecule has 1 atom stereocenters. The molecule has 0 saturated heterocycles. The standard InChI is InChI=1S/C24H24F2N4O2/c1-15(16-7-5-4-6-8-16)27-23(31)19-13-17(10-12-22(19)30(2)3)28-24(32)29-18-9-11-20(25)21(26)14-18/h4-15H,1-3H3,(H,27,31)(H2,28,29,32). The van der Waals surface area contributed by atoms with Gasteiger partial charge in [-0.2, -0.15) is 0 Å². The fourth-order valence-electron chi connectivity index (χ4n) is 3.15. The second-order valence-electron chi connectivity index (χ2n) is 7.44. The molecule has 0 saturated carbocycles. The third-order valence-corrected chi connectivity index (χ3v) is 4.81. The van der Waals surface area contributed by atoms with Crippen LogP contribution in [0.15, 0.2) is 66.7 Å². The summed E-state index contributed by atoms with van der Waals surface area (Å²) in [5.41, 5.74) is 2.49. The molecule has 0 aliphatic heterocycles. The highest BCUT2D eigenvalue weighted by atomic mass is 19.2. The van der Waals surface area contributed by atoms with E-state index in [0.717, 1.165) is 17.7 Å². The summed E-state index contributed by atoms with van der Waals surface area (Å²) in [6.07, 6.45) is 0. The van der Waals surface area contributed by atoms with Crippen molar-refractivity contribution in [3.63, 3.8) is 0 Å². The number of nitrogens with one attached hydrogen (secondary N) is 3. The summed E-state index contributed by atoms with van der Waals surface area (Å²) in [6, 6.07) is 16.7. The van der Waals surface area contributed by atoms with Gasteiger partial charge in [0.05, 0.1) is 11.6 Å². The minimum atomic E-state index is -1.07. The molecular formula is C24H24F2N4O2. The predicted octanol–water partition coefficient (Wildman–Crippen LogP) is 5.17. The second-order valence-corrected chi connectivity index (χ2v) is 7.44. The van der Waals surface area contributed by atoms with Crippen LogP contribution in [0.25, 0.3) is 0 Å². The molecule has 8 heteroatoms. The van der Waals surface area contributed by atoms with E-state index in [-0.39, 0.29) is 17.6 Å². The smallest absolute Gasteiger partial charge is 0.323 e. The van der Waals surface area contributed by atoms with Crippen molar-refractivity contribution in [2.24, 2.45) is 0 Å².